The molecule has 1 aromatic carbocycles. The van der Waals surface area contributed by atoms with Crippen molar-refractivity contribution in [3.8, 4) is 0 Å². The molecule has 1 N–H and O–H groups in total. The van der Waals surface area contributed by atoms with E-state index in [1.165, 1.54) is 15.8 Å². The number of nitrogens with zero attached hydrogens (tertiary/aromatic N) is 3. The van der Waals surface area contributed by atoms with Gasteiger partial charge in [0.25, 0.3) is 0 Å². The fourth-order valence-electron chi connectivity index (χ4n) is 3.27. The molecule has 0 saturated carbocycles. The first-order valence-electron chi connectivity index (χ1n) is 8.00. The highest BCUT2D eigenvalue weighted by atomic mass is 35.5. The summed E-state index contributed by atoms with van der Waals surface area (Å²) in [6.45, 7) is 6.14. The smallest absolute Gasteiger partial charge is 0.0907 e. The van der Waals surface area contributed by atoms with Crippen LogP contribution in [-0.2, 0) is 6.54 Å². The third-order valence-corrected chi connectivity index (χ3v) is 5.32. The monoisotopic (exact) mass is 360 g/mol. The van der Waals surface area contributed by atoms with E-state index in [1.54, 1.807) is 11.3 Å². The number of halogens is 1. The highest BCUT2D eigenvalue weighted by Gasteiger charge is 2.23. The normalized spacial score (nSPS) is 18.5. The minimum absolute atomic E-state index is 0. The van der Waals surface area contributed by atoms with Crippen LogP contribution < -0.4 is 5.32 Å². The zero-order chi connectivity index (χ0) is 15.6. The average molecular weight is 361 g/mol. The first kappa shape index (κ1) is 17.3. The third-order valence-electron chi connectivity index (χ3n) is 4.39. The number of rotatable bonds is 3. The molecule has 0 aliphatic carbocycles. The molecule has 0 bridgehead atoms. The van der Waals surface area contributed by atoms with E-state index in [9.17, 15) is 0 Å². The van der Waals surface area contributed by atoms with E-state index in [1.807, 2.05) is 12.4 Å². The number of thiazole rings is 1. The van der Waals surface area contributed by atoms with Crippen molar-refractivity contribution < 1.29 is 0 Å². The van der Waals surface area contributed by atoms with Gasteiger partial charge in [-0.1, -0.05) is 6.07 Å². The van der Waals surface area contributed by atoms with E-state index >= 15 is 0 Å². The number of piperazine rings is 1. The Hall–Kier alpha value is -1.53. The summed E-state index contributed by atoms with van der Waals surface area (Å²) in [5.74, 6) is 0. The molecule has 0 spiro atoms. The van der Waals surface area contributed by atoms with Gasteiger partial charge < -0.3 is 5.32 Å². The zero-order valence-electron chi connectivity index (χ0n) is 13.6. The van der Waals surface area contributed by atoms with Gasteiger partial charge in [-0.15, -0.1) is 23.7 Å². The van der Waals surface area contributed by atoms with Crippen LogP contribution in [0.15, 0.2) is 42.7 Å². The lowest BCUT2D eigenvalue weighted by Crippen LogP contribution is -2.45. The third kappa shape index (κ3) is 3.59. The fourth-order valence-corrected chi connectivity index (χ4v) is 4.16. The summed E-state index contributed by atoms with van der Waals surface area (Å²) in [5, 5.41) is 4.65. The Kier molecular flexibility index (Phi) is 5.46. The molecule has 3 aromatic rings. The zero-order valence-corrected chi connectivity index (χ0v) is 15.2. The Morgan fingerprint density at radius 3 is 2.92 bits per heavy atom. The highest BCUT2D eigenvalue weighted by Crippen LogP contribution is 2.27. The maximum absolute atomic E-state index is 4.55. The van der Waals surface area contributed by atoms with Crippen molar-refractivity contribution in [2.45, 2.75) is 19.5 Å². The van der Waals surface area contributed by atoms with Gasteiger partial charge in [0.2, 0.25) is 0 Å². The van der Waals surface area contributed by atoms with Crippen LogP contribution in [0, 0.1) is 6.92 Å². The van der Waals surface area contributed by atoms with Crippen molar-refractivity contribution in [3.05, 3.63) is 58.9 Å². The second-order valence-corrected chi connectivity index (χ2v) is 7.24. The number of fused-ring (bicyclic) bond motifs is 1. The lowest BCUT2D eigenvalue weighted by molar-refractivity contribution is 0.154. The van der Waals surface area contributed by atoms with Crippen LogP contribution in [0.2, 0.25) is 0 Å². The summed E-state index contributed by atoms with van der Waals surface area (Å²) in [6.07, 6.45) is 3.77. The maximum Gasteiger partial charge on any atom is 0.0907 e. The van der Waals surface area contributed by atoms with Gasteiger partial charge in [0, 0.05) is 44.6 Å². The number of aryl methyl sites for hydroxylation is 1. The SMILES string of the molecule is Cc1nc2ccc(CN3CCNCC3c3ccncc3)cc2s1.Cl. The molecule has 0 amide bonds. The summed E-state index contributed by atoms with van der Waals surface area (Å²) in [6, 6.07) is 11.3. The Morgan fingerprint density at radius 1 is 1.25 bits per heavy atom. The summed E-state index contributed by atoms with van der Waals surface area (Å²) in [4.78, 5) is 11.2. The predicted octanol–water partition coefficient (Wildman–Crippen LogP) is 3.57. The van der Waals surface area contributed by atoms with E-state index in [-0.39, 0.29) is 12.4 Å². The van der Waals surface area contributed by atoms with Crippen molar-refractivity contribution in [2.75, 3.05) is 19.6 Å². The molecule has 2 aromatic heterocycles. The number of nitrogens with one attached hydrogen (secondary N) is 1. The van der Waals surface area contributed by atoms with Crippen molar-refractivity contribution in [2.24, 2.45) is 0 Å². The largest absolute Gasteiger partial charge is 0.314 e. The molecule has 1 aliphatic heterocycles. The molecule has 1 saturated heterocycles. The lowest BCUT2D eigenvalue weighted by atomic mass is 10.0. The summed E-state index contributed by atoms with van der Waals surface area (Å²) >= 11 is 1.78. The summed E-state index contributed by atoms with van der Waals surface area (Å²) < 4.78 is 1.29. The summed E-state index contributed by atoms with van der Waals surface area (Å²) in [5.41, 5.74) is 3.81. The fraction of sp³-hybridized carbons (Fsp3) is 0.333. The van der Waals surface area contributed by atoms with Crippen LogP contribution in [0.5, 0.6) is 0 Å². The molecule has 1 atom stereocenters. The van der Waals surface area contributed by atoms with Gasteiger partial charge >= 0.3 is 0 Å². The van der Waals surface area contributed by atoms with Crippen molar-refractivity contribution in [1.29, 1.82) is 0 Å². The van der Waals surface area contributed by atoms with Crippen molar-refractivity contribution in [1.82, 2.24) is 20.2 Å². The van der Waals surface area contributed by atoms with E-state index in [0.29, 0.717) is 6.04 Å². The van der Waals surface area contributed by atoms with E-state index in [0.717, 1.165) is 36.7 Å². The van der Waals surface area contributed by atoms with Crippen LogP contribution in [0.25, 0.3) is 10.2 Å². The van der Waals surface area contributed by atoms with Gasteiger partial charge in [-0.3, -0.25) is 9.88 Å². The van der Waals surface area contributed by atoms with Gasteiger partial charge in [0.1, 0.15) is 0 Å². The van der Waals surface area contributed by atoms with Gasteiger partial charge in [0.15, 0.2) is 0 Å². The van der Waals surface area contributed by atoms with Crippen LogP contribution in [0.4, 0.5) is 0 Å². The number of benzene rings is 1. The van der Waals surface area contributed by atoms with Gasteiger partial charge in [-0.05, 0) is 42.3 Å². The summed E-state index contributed by atoms with van der Waals surface area (Å²) in [7, 11) is 0. The molecule has 24 heavy (non-hydrogen) atoms. The van der Waals surface area contributed by atoms with Crippen molar-refractivity contribution >= 4 is 34.0 Å². The number of pyridine rings is 1. The Labute approximate surface area is 152 Å². The van der Waals surface area contributed by atoms with Gasteiger partial charge in [-0.25, -0.2) is 4.98 Å². The predicted molar refractivity (Wildman–Crippen MR) is 102 cm³/mol. The average Bonchev–Trinajstić information content (AvgIpc) is 2.95. The highest BCUT2D eigenvalue weighted by molar-refractivity contribution is 7.18. The van der Waals surface area contributed by atoms with E-state index in [4.69, 9.17) is 0 Å². The molecule has 1 fully saturated rings. The molecular formula is C18H21ClN4S. The standard InChI is InChI=1S/C18H20N4S.ClH/c1-13-21-16-3-2-14(10-18(16)23-13)12-22-9-8-20-11-17(22)15-4-6-19-7-5-15;/h2-7,10,17,20H,8-9,11-12H2,1H3;1H. The Balaban J connectivity index is 0.00000169. The second-order valence-electron chi connectivity index (χ2n) is 6.01. The number of aromatic nitrogens is 2. The first-order valence-corrected chi connectivity index (χ1v) is 8.82. The molecule has 0 radical (unpaired) electrons. The first-order chi connectivity index (χ1) is 11.3. The van der Waals surface area contributed by atoms with Crippen molar-refractivity contribution in [3.63, 3.8) is 0 Å². The number of hydrogen-bond donors (Lipinski definition) is 1. The molecular weight excluding hydrogens is 340 g/mol. The maximum atomic E-state index is 4.55. The van der Waals surface area contributed by atoms with Crippen LogP contribution in [-0.4, -0.2) is 34.5 Å². The topological polar surface area (TPSA) is 41.1 Å². The van der Waals surface area contributed by atoms with Gasteiger partial charge in [-0.2, -0.15) is 0 Å². The number of hydrogen-bond acceptors (Lipinski definition) is 5. The molecule has 6 heteroatoms. The quantitative estimate of drug-likeness (QED) is 0.775. The molecule has 4 nitrogen and oxygen atoms in total. The lowest BCUT2D eigenvalue weighted by Gasteiger charge is -2.36. The molecule has 126 valence electrons. The van der Waals surface area contributed by atoms with Crippen LogP contribution in [0.1, 0.15) is 22.2 Å². The Bertz CT molecular complexity index is 805. The molecule has 3 heterocycles. The van der Waals surface area contributed by atoms with Gasteiger partial charge in [0.05, 0.1) is 15.2 Å². The second kappa shape index (κ2) is 7.57. The minimum Gasteiger partial charge on any atom is -0.314 e. The van der Waals surface area contributed by atoms with Crippen LogP contribution in [0.3, 0.4) is 0 Å². The molecule has 1 unspecified atom stereocenters. The van der Waals surface area contributed by atoms with Crippen LogP contribution >= 0.6 is 23.7 Å². The minimum atomic E-state index is 0. The van der Waals surface area contributed by atoms with E-state index < -0.39 is 0 Å². The molecule has 1 aliphatic rings. The van der Waals surface area contributed by atoms with E-state index in [2.05, 4.69) is 57.4 Å². The molecule has 4 rings (SSSR count). The Morgan fingerprint density at radius 2 is 2.08 bits per heavy atom.